The molecule has 1 aromatic carbocycles. The van der Waals surface area contributed by atoms with Crippen molar-refractivity contribution in [3.63, 3.8) is 0 Å². The molecular formula is C14H18BrFN8O4S. The van der Waals surface area contributed by atoms with Crippen LogP contribution in [-0.4, -0.2) is 66.3 Å². The lowest BCUT2D eigenvalue weighted by Crippen LogP contribution is -2.72. The van der Waals surface area contributed by atoms with Gasteiger partial charge in [-0.05, 0) is 44.4 Å². The maximum Gasteiger partial charge on any atom is 0.279 e. The van der Waals surface area contributed by atoms with Crippen LogP contribution in [0.15, 0.2) is 32.5 Å². The minimum atomic E-state index is -3.54. The first-order valence-electron chi connectivity index (χ1n) is 8.16. The standard InChI is InChI=1S/C14H18BrFN8O4S/c1-18-29(26,27)24-6-14(17,7-24)5-19-12-11(22-28-23-12)13(21-25)20-8-2-3-10(16)9(15)4-8/h2-4,18,25H,5-7,17H2,1H3,(H,19,23)(H,20,21). The average molecular weight is 493 g/mol. The Bertz CT molecular complexity index is 1020. The summed E-state index contributed by atoms with van der Waals surface area (Å²) in [5.41, 5.74) is 5.81. The van der Waals surface area contributed by atoms with E-state index in [1.54, 1.807) is 0 Å². The van der Waals surface area contributed by atoms with Crippen LogP contribution in [0.2, 0.25) is 0 Å². The molecule has 3 rings (SSSR count). The SMILES string of the molecule is CNS(=O)(=O)N1CC(N)(CNc2nonc2/C(=N/O)Nc2ccc(F)c(Br)c2)C1. The third-order valence-electron chi connectivity index (χ3n) is 4.18. The molecule has 0 amide bonds. The summed E-state index contributed by atoms with van der Waals surface area (Å²) in [6.07, 6.45) is 0. The zero-order valence-electron chi connectivity index (χ0n) is 15.1. The van der Waals surface area contributed by atoms with Gasteiger partial charge in [0.25, 0.3) is 10.2 Å². The van der Waals surface area contributed by atoms with E-state index in [1.165, 1.54) is 29.6 Å². The van der Waals surface area contributed by atoms with Crippen LogP contribution in [0.1, 0.15) is 5.69 Å². The Hall–Kier alpha value is -2.33. The van der Waals surface area contributed by atoms with E-state index in [1.807, 2.05) is 0 Å². The number of anilines is 2. The monoisotopic (exact) mass is 492 g/mol. The predicted molar refractivity (Wildman–Crippen MR) is 105 cm³/mol. The predicted octanol–water partition coefficient (Wildman–Crippen LogP) is 0.108. The summed E-state index contributed by atoms with van der Waals surface area (Å²) in [5.74, 6) is -0.427. The van der Waals surface area contributed by atoms with Crippen LogP contribution in [0.3, 0.4) is 0 Å². The molecule has 29 heavy (non-hydrogen) atoms. The van der Waals surface area contributed by atoms with Gasteiger partial charge in [0.05, 0.1) is 10.0 Å². The fourth-order valence-electron chi connectivity index (χ4n) is 2.63. The minimum absolute atomic E-state index is 0.0515. The Morgan fingerprint density at radius 3 is 2.83 bits per heavy atom. The van der Waals surface area contributed by atoms with Gasteiger partial charge in [-0.3, -0.25) is 0 Å². The van der Waals surface area contributed by atoms with E-state index in [4.69, 9.17) is 10.4 Å². The third-order valence-corrected chi connectivity index (χ3v) is 6.25. The van der Waals surface area contributed by atoms with Crippen molar-refractivity contribution in [3.8, 4) is 0 Å². The molecule has 0 unspecified atom stereocenters. The summed E-state index contributed by atoms with van der Waals surface area (Å²) in [6, 6.07) is 4.11. The summed E-state index contributed by atoms with van der Waals surface area (Å²) in [7, 11) is -2.22. The van der Waals surface area contributed by atoms with Gasteiger partial charge in [-0.25, -0.2) is 13.7 Å². The molecule has 0 saturated carbocycles. The highest BCUT2D eigenvalue weighted by molar-refractivity contribution is 9.10. The van der Waals surface area contributed by atoms with Crippen molar-refractivity contribution in [1.82, 2.24) is 19.3 Å². The molecule has 12 nitrogen and oxygen atoms in total. The zero-order chi connectivity index (χ0) is 21.2. The van der Waals surface area contributed by atoms with Crippen molar-refractivity contribution in [2.24, 2.45) is 10.9 Å². The van der Waals surface area contributed by atoms with Gasteiger partial charge >= 0.3 is 0 Å². The Morgan fingerprint density at radius 1 is 1.48 bits per heavy atom. The molecule has 15 heteroatoms. The molecule has 2 heterocycles. The van der Waals surface area contributed by atoms with E-state index in [0.717, 1.165) is 0 Å². The summed E-state index contributed by atoms with van der Waals surface area (Å²) in [6.45, 7) is 0.365. The maximum absolute atomic E-state index is 13.4. The van der Waals surface area contributed by atoms with Crippen molar-refractivity contribution in [1.29, 1.82) is 0 Å². The number of aromatic nitrogens is 2. The largest absolute Gasteiger partial charge is 0.409 e. The molecule has 0 aliphatic carbocycles. The molecular weight excluding hydrogens is 475 g/mol. The first-order chi connectivity index (χ1) is 13.7. The second kappa shape index (κ2) is 8.19. The number of amidine groups is 1. The highest BCUT2D eigenvalue weighted by atomic mass is 79.9. The van der Waals surface area contributed by atoms with E-state index in [2.05, 4.69) is 46.8 Å². The molecule has 1 fully saturated rings. The number of nitrogens with two attached hydrogens (primary N) is 1. The van der Waals surface area contributed by atoms with Crippen LogP contribution in [0.25, 0.3) is 0 Å². The van der Waals surface area contributed by atoms with E-state index >= 15 is 0 Å². The van der Waals surface area contributed by atoms with Crippen LogP contribution in [-0.2, 0) is 10.2 Å². The molecule has 0 atom stereocenters. The second-order valence-electron chi connectivity index (χ2n) is 6.36. The number of nitrogens with one attached hydrogen (secondary N) is 3. The van der Waals surface area contributed by atoms with Gasteiger partial charge in [-0.1, -0.05) is 5.16 Å². The fraction of sp³-hybridized carbons (Fsp3) is 0.357. The van der Waals surface area contributed by atoms with E-state index < -0.39 is 21.6 Å². The third kappa shape index (κ3) is 4.64. The lowest BCUT2D eigenvalue weighted by molar-refractivity contribution is 0.168. The molecule has 2 aromatic rings. The van der Waals surface area contributed by atoms with Crippen molar-refractivity contribution in [2.45, 2.75) is 5.54 Å². The molecule has 1 aliphatic rings. The van der Waals surface area contributed by atoms with Gasteiger partial charge < -0.3 is 21.6 Å². The molecule has 1 saturated heterocycles. The zero-order valence-corrected chi connectivity index (χ0v) is 17.5. The van der Waals surface area contributed by atoms with Crippen LogP contribution in [0, 0.1) is 5.82 Å². The highest BCUT2D eigenvalue weighted by Crippen LogP contribution is 2.23. The Balaban J connectivity index is 1.66. The fourth-order valence-corrected chi connectivity index (χ4v) is 4.12. The summed E-state index contributed by atoms with van der Waals surface area (Å²) in [5, 5.41) is 25.6. The Kier molecular flexibility index (Phi) is 6.04. The van der Waals surface area contributed by atoms with Crippen molar-refractivity contribution < 1.29 is 22.6 Å². The number of halogens is 2. The average Bonchev–Trinajstić information content (AvgIpc) is 3.13. The lowest BCUT2D eigenvalue weighted by Gasteiger charge is -2.46. The molecule has 0 radical (unpaired) electrons. The van der Waals surface area contributed by atoms with Gasteiger partial charge in [0.15, 0.2) is 5.69 Å². The van der Waals surface area contributed by atoms with Crippen molar-refractivity contribution in [3.05, 3.63) is 34.2 Å². The molecule has 6 N–H and O–H groups in total. The van der Waals surface area contributed by atoms with E-state index in [9.17, 15) is 18.0 Å². The number of nitrogens with zero attached hydrogens (tertiary/aromatic N) is 4. The normalized spacial score (nSPS) is 17.0. The highest BCUT2D eigenvalue weighted by Gasteiger charge is 2.45. The van der Waals surface area contributed by atoms with Gasteiger partial charge in [0, 0.05) is 32.4 Å². The van der Waals surface area contributed by atoms with Crippen molar-refractivity contribution in [2.75, 3.05) is 37.3 Å². The molecule has 1 aliphatic heterocycles. The summed E-state index contributed by atoms with van der Waals surface area (Å²) < 4.78 is 45.2. The van der Waals surface area contributed by atoms with Gasteiger partial charge in [0.1, 0.15) is 5.82 Å². The van der Waals surface area contributed by atoms with Gasteiger partial charge in [-0.15, -0.1) is 0 Å². The van der Waals surface area contributed by atoms with E-state index in [-0.39, 0.29) is 41.5 Å². The minimum Gasteiger partial charge on any atom is -0.409 e. The van der Waals surface area contributed by atoms with Crippen LogP contribution < -0.4 is 21.1 Å². The topological polar surface area (TPSA) is 171 Å². The number of hydrogen-bond donors (Lipinski definition) is 5. The number of hydrogen-bond acceptors (Lipinski definition) is 9. The number of oxime groups is 1. The van der Waals surface area contributed by atoms with E-state index in [0.29, 0.717) is 5.69 Å². The first kappa shape index (κ1) is 21.4. The van der Waals surface area contributed by atoms with Crippen molar-refractivity contribution >= 4 is 43.5 Å². The summed E-state index contributed by atoms with van der Waals surface area (Å²) >= 11 is 3.06. The molecule has 0 spiro atoms. The maximum atomic E-state index is 13.4. The number of benzene rings is 1. The van der Waals surface area contributed by atoms with Crippen LogP contribution >= 0.6 is 15.9 Å². The Morgan fingerprint density at radius 2 is 2.21 bits per heavy atom. The van der Waals surface area contributed by atoms with Gasteiger partial charge in [-0.2, -0.15) is 12.7 Å². The van der Waals surface area contributed by atoms with Crippen LogP contribution in [0.5, 0.6) is 0 Å². The Labute approximate surface area is 173 Å². The van der Waals surface area contributed by atoms with Gasteiger partial charge in [0.2, 0.25) is 11.7 Å². The molecule has 1 aromatic heterocycles. The summed E-state index contributed by atoms with van der Waals surface area (Å²) in [4.78, 5) is 0. The van der Waals surface area contributed by atoms with Crippen LogP contribution in [0.4, 0.5) is 15.9 Å². The second-order valence-corrected chi connectivity index (χ2v) is 9.09. The number of rotatable bonds is 7. The first-order valence-corrected chi connectivity index (χ1v) is 10.4. The lowest BCUT2D eigenvalue weighted by atomic mass is 9.94. The quantitative estimate of drug-likeness (QED) is 0.155. The molecule has 158 valence electrons. The smallest absolute Gasteiger partial charge is 0.279 e. The molecule has 0 bridgehead atoms.